The number of hydrogen-bond donors (Lipinski definition) is 3. The second-order valence-electron chi connectivity index (χ2n) is 13.4. The van der Waals surface area contributed by atoms with Crippen LogP contribution in [-0.4, -0.2) is 57.5 Å². The average molecular weight is 639 g/mol. The molecule has 2 fully saturated rings. The average Bonchev–Trinajstić information content (AvgIpc) is 3.94. The number of nitrogens with one attached hydrogen (secondary N) is 3. The van der Waals surface area contributed by atoms with Crippen LogP contribution in [0.2, 0.25) is 0 Å². The Balaban J connectivity index is 0.985. The van der Waals surface area contributed by atoms with Gasteiger partial charge < -0.3 is 29.7 Å². The van der Waals surface area contributed by atoms with E-state index in [4.69, 9.17) is 19.4 Å². The number of imidazole rings is 2. The Hall–Kier alpha value is -4.99. The number of nitrogens with zero attached hydrogens (tertiary/aromatic N) is 3. The number of likely N-dealkylation sites (tertiary alicyclic amines) is 1. The van der Waals surface area contributed by atoms with E-state index in [1.54, 1.807) is 7.11 Å². The van der Waals surface area contributed by atoms with Gasteiger partial charge in [0, 0.05) is 31.1 Å². The summed E-state index contributed by atoms with van der Waals surface area (Å²) in [4.78, 5) is 32.3. The van der Waals surface area contributed by atoms with Gasteiger partial charge in [0.15, 0.2) is 0 Å². The van der Waals surface area contributed by atoms with Crippen LogP contribution in [0.1, 0.15) is 54.1 Å². The summed E-state index contributed by atoms with van der Waals surface area (Å²) in [6.45, 7) is 2.96. The van der Waals surface area contributed by atoms with Crippen LogP contribution in [-0.2, 0) is 22.6 Å². The number of carbonyl (C=O) groups is 1. The smallest absolute Gasteiger partial charge is 0.227 e. The maximum absolute atomic E-state index is 13.3. The van der Waals surface area contributed by atoms with E-state index in [-0.39, 0.29) is 18.0 Å². The number of methoxy groups -OCH3 is 1. The van der Waals surface area contributed by atoms with Crippen molar-refractivity contribution in [3.05, 3.63) is 102 Å². The highest BCUT2D eigenvalue weighted by molar-refractivity contribution is 6.07. The van der Waals surface area contributed by atoms with Crippen LogP contribution in [0, 0.1) is 5.92 Å². The second kappa shape index (κ2) is 11.9. The Morgan fingerprint density at radius 2 is 1.94 bits per heavy atom. The molecule has 3 N–H and O–H groups in total. The number of ether oxygens (including phenoxy) is 2. The highest BCUT2D eigenvalue weighted by atomic mass is 16.5. The molecular weight excluding hydrogens is 600 g/mol. The molecule has 4 aromatic carbocycles. The molecule has 1 amide bonds. The monoisotopic (exact) mass is 638 g/mol. The summed E-state index contributed by atoms with van der Waals surface area (Å²) in [5.41, 5.74) is 8.45. The van der Waals surface area contributed by atoms with Crippen molar-refractivity contribution in [2.45, 2.75) is 44.4 Å². The lowest BCUT2D eigenvalue weighted by Crippen LogP contribution is -2.32. The molecule has 3 aliphatic heterocycles. The Morgan fingerprint density at radius 3 is 2.83 bits per heavy atom. The van der Waals surface area contributed by atoms with Crippen LogP contribution in [0.5, 0.6) is 5.75 Å². The largest absolute Gasteiger partial charge is 0.488 e. The molecule has 0 unspecified atom stereocenters. The van der Waals surface area contributed by atoms with E-state index in [2.05, 4.69) is 57.7 Å². The van der Waals surface area contributed by atoms with Crippen LogP contribution < -0.4 is 10.1 Å². The first-order valence-electron chi connectivity index (χ1n) is 16.9. The molecular formula is C39H38N6O3. The molecule has 9 heteroatoms. The molecule has 0 bridgehead atoms. The van der Waals surface area contributed by atoms with E-state index in [0.717, 1.165) is 106 Å². The van der Waals surface area contributed by atoms with E-state index in [1.165, 1.54) is 5.56 Å². The van der Waals surface area contributed by atoms with Crippen LogP contribution in [0.25, 0.3) is 44.2 Å². The molecule has 242 valence electrons. The molecule has 3 aliphatic rings. The van der Waals surface area contributed by atoms with Gasteiger partial charge in [0.2, 0.25) is 5.91 Å². The van der Waals surface area contributed by atoms with Gasteiger partial charge in [0.25, 0.3) is 0 Å². The van der Waals surface area contributed by atoms with Crippen molar-refractivity contribution in [2.24, 2.45) is 5.92 Å². The molecule has 5 heterocycles. The first kappa shape index (κ1) is 29.2. The summed E-state index contributed by atoms with van der Waals surface area (Å²) < 4.78 is 11.7. The van der Waals surface area contributed by atoms with Gasteiger partial charge in [-0.05, 0) is 77.1 Å². The lowest BCUT2D eigenvalue weighted by atomic mass is 9.92. The van der Waals surface area contributed by atoms with Crippen molar-refractivity contribution in [3.63, 3.8) is 0 Å². The summed E-state index contributed by atoms with van der Waals surface area (Å²) in [7, 11) is 1.76. The summed E-state index contributed by atoms with van der Waals surface area (Å²) in [5, 5.41) is 5.73. The maximum atomic E-state index is 13.3. The number of aromatic amines is 2. The molecule has 0 radical (unpaired) electrons. The minimum atomic E-state index is -0.0495. The van der Waals surface area contributed by atoms with Crippen molar-refractivity contribution in [1.82, 2.24) is 30.2 Å². The molecule has 9 rings (SSSR count). The first-order chi connectivity index (χ1) is 23.6. The number of fused-ring (bicyclic) bond motifs is 6. The zero-order valence-corrected chi connectivity index (χ0v) is 27.0. The number of rotatable bonds is 7. The normalized spacial score (nSPS) is 20.3. The SMILES string of the molecule is COC[C@@H]1CN[C@H](c2ncc(-c3ccc4c(c3)COc3cc5c(ccc6[nH]c([C@@H]7CCCN7C(=O)Cc7ccccc7)nc65)cc3-4)[nH]2)C1. The van der Waals surface area contributed by atoms with Crippen molar-refractivity contribution in [1.29, 1.82) is 0 Å². The molecule has 48 heavy (non-hydrogen) atoms. The third-order valence-electron chi connectivity index (χ3n) is 10.3. The molecule has 0 saturated carbocycles. The van der Waals surface area contributed by atoms with Gasteiger partial charge in [-0.15, -0.1) is 0 Å². The van der Waals surface area contributed by atoms with Gasteiger partial charge in [-0.25, -0.2) is 9.97 Å². The number of aromatic nitrogens is 4. The Morgan fingerprint density at radius 1 is 1.02 bits per heavy atom. The predicted molar refractivity (Wildman–Crippen MR) is 186 cm³/mol. The van der Waals surface area contributed by atoms with Crippen LogP contribution in [0.4, 0.5) is 0 Å². The second-order valence-corrected chi connectivity index (χ2v) is 13.4. The lowest BCUT2D eigenvalue weighted by molar-refractivity contribution is -0.131. The highest BCUT2D eigenvalue weighted by Gasteiger charge is 2.32. The van der Waals surface area contributed by atoms with Gasteiger partial charge in [0.05, 0.1) is 48.0 Å². The molecule has 9 nitrogen and oxygen atoms in total. The number of amides is 1. The zero-order chi connectivity index (χ0) is 32.2. The number of hydrogen-bond acceptors (Lipinski definition) is 6. The van der Waals surface area contributed by atoms with Crippen LogP contribution >= 0.6 is 0 Å². The minimum Gasteiger partial charge on any atom is -0.488 e. The van der Waals surface area contributed by atoms with E-state index in [0.29, 0.717) is 18.9 Å². The van der Waals surface area contributed by atoms with Crippen molar-refractivity contribution in [2.75, 3.05) is 26.8 Å². The van der Waals surface area contributed by atoms with Crippen LogP contribution in [0.15, 0.2) is 79.0 Å². The fraction of sp³-hybridized carbons (Fsp3) is 0.308. The fourth-order valence-electron chi connectivity index (χ4n) is 7.89. The molecule has 0 aliphatic carbocycles. The Kier molecular flexibility index (Phi) is 7.24. The third-order valence-corrected chi connectivity index (χ3v) is 10.3. The lowest BCUT2D eigenvalue weighted by Gasteiger charge is -2.23. The molecule has 3 atom stereocenters. The van der Waals surface area contributed by atoms with Gasteiger partial charge in [-0.3, -0.25) is 4.79 Å². The Bertz CT molecular complexity index is 2150. The molecule has 2 aromatic heterocycles. The van der Waals surface area contributed by atoms with E-state index < -0.39 is 0 Å². The molecule has 0 spiro atoms. The summed E-state index contributed by atoms with van der Waals surface area (Å²) in [6, 6.07) is 25.3. The fourth-order valence-corrected chi connectivity index (χ4v) is 7.89. The number of H-pyrrole nitrogens is 2. The summed E-state index contributed by atoms with van der Waals surface area (Å²) in [5.74, 6) is 3.35. The first-order valence-corrected chi connectivity index (χ1v) is 16.9. The zero-order valence-electron chi connectivity index (χ0n) is 27.0. The van der Waals surface area contributed by atoms with Crippen molar-refractivity contribution < 1.29 is 14.3 Å². The standard InChI is InChI=1S/C39H38N6O3/c1-47-21-24-14-32(40-19-24)38-41-20-33(43-38)26-9-11-28-27(16-26)22-48-35-18-29-25(17-30(28)35)10-12-31-37(29)44-39(42-31)34-8-5-13-45(34)36(46)15-23-6-3-2-4-7-23/h2-4,6-7,9-12,16-18,20,24,32,34,40H,5,8,13-15,19,21-22H2,1H3,(H,41,43)(H,42,44)/t24-,32-,34-/m0/s1. The van der Waals surface area contributed by atoms with Gasteiger partial charge in [-0.2, -0.15) is 0 Å². The quantitative estimate of drug-likeness (QED) is 0.176. The number of carbonyl (C=O) groups excluding carboxylic acids is 1. The molecule has 6 aromatic rings. The van der Waals surface area contributed by atoms with E-state index in [1.807, 2.05) is 41.4 Å². The third kappa shape index (κ3) is 5.14. The number of benzene rings is 4. The van der Waals surface area contributed by atoms with Gasteiger partial charge in [-0.1, -0.05) is 48.5 Å². The predicted octanol–water partition coefficient (Wildman–Crippen LogP) is 6.87. The summed E-state index contributed by atoms with van der Waals surface area (Å²) in [6.07, 6.45) is 5.23. The topological polar surface area (TPSA) is 108 Å². The summed E-state index contributed by atoms with van der Waals surface area (Å²) >= 11 is 0. The Labute approximate surface area is 278 Å². The minimum absolute atomic E-state index is 0.0495. The van der Waals surface area contributed by atoms with Gasteiger partial charge >= 0.3 is 0 Å². The van der Waals surface area contributed by atoms with E-state index in [9.17, 15) is 4.79 Å². The maximum Gasteiger partial charge on any atom is 0.227 e. The van der Waals surface area contributed by atoms with Crippen LogP contribution in [0.3, 0.4) is 0 Å². The van der Waals surface area contributed by atoms with Crippen molar-refractivity contribution in [3.8, 4) is 28.1 Å². The van der Waals surface area contributed by atoms with E-state index >= 15 is 0 Å². The van der Waals surface area contributed by atoms with Crippen molar-refractivity contribution >= 4 is 27.7 Å². The molecule has 2 saturated heterocycles. The highest BCUT2D eigenvalue weighted by Crippen LogP contribution is 2.43. The van der Waals surface area contributed by atoms with Gasteiger partial charge in [0.1, 0.15) is 24.0 Å².